The lowest BCUT2D eigenvalue weighted by Crippen LogP contribution is -2.46. The summed E-state index contributed by atoms with van der Waals surface area (Å²) in [6.07, 6.45) is 3.09. The first-order valence-corrected chi connectivity index (χ1v) is 6.09. The van der Waals surface area contributed by atoms with Crippen molar-refractivity contribution in [1.29, 1.82) is 0 Å². The monoisotopic (exact) mass is 285 g/mol. The minimum absolute atomic E-state index is 0.0744. The van der Waals surface area contributed by atoms with Gasteiger partial charge in [-0.3, -0.25) is 10.4 Å². The molecule has 0 fully saturated rings. The Bertz CT molecular complexity index is 717. The van der Waals surface area contributed by atoms with Crippen LogP contribution >= 0.6 is 0 Å². The Morgan fingerprint density at radius 1 is 1.19 bits per heavy atom. The maximum Gasteiger partial charge on any atom is 0.376 e. The predicted molar refractivity (Wildman–Crippen MR) is 72.4 cm³/mol. The number of phenols is 1. The number of pyridine rings is 1. The largest absolute Gasteiger partial charge is 0.507 e. The molecule has 0 spiro atoms. The molecule has 7 heteroatoms. The number of rotatable bonds is 3. The van der Waals surface area contributed by atoms with Gasteiger partial charge in [-0.05, 0) is 24.3 Å². The Balaban J connectivity index is 2.01. The van der Waals surface area contributed by atoms with Gasteiger partial charge in [0.1, 0.15) is 5.75 Å². The van der Waals surface area contributed by atoms with Crippen LogP contribution in [0.15, 0.2) is 53.9 Å². The number of phenolic OH excluding ortho intramolecular Hbond substituents is 1. The molecule has 3 rings (SSSR count). The maximum atomic E-state index is 11.7. The van der Waals surface area contributed by atoms with E-state index in [1.807, 2.05) is 0 Å². The van der Waals surface area contributed by atoms with Crippen molar-refractivity contribution in [3.8, 4) is 5.75 Å². The van der Waals surface area contributed by atoms with Crippen molar-refractivity contribution in [2.24, 2.45) is 5.10 Å². The van der Waals surface area contributed by atoms with Crippen LogP contribution in [0.4, 0.5) is 0 Å². The second-order valence-electron chi connectivity index (χ2n) is 4.37. The Morgan fingerprint density at radius 2 is 1.90 bits per heavy atom. The van der Waals surface area contributed by atoms with E-state index >= 15 is 0 Å². The van der Waals surface area contributed by atoms with E-state index in [2.05, 4.69) is 15.5 Å². The molecule has 106 valence electrons. The van der Waals surface area contributed by atoms with E-state index < -0.39 is 11.7 Å². The number of nitrogens with zero attached hydrogens (tertiary/aromatic N) is 2. The molecule has 0 bridgehead atoms. The summed E-state index contributed by atoms with van der Waals surface area (Å²) < 4.78 is 5.52. The lowest BCUT2D eigenvalue weighted by Gasteiger charge is -2.24. The zero-order valence-corrected chi connectivity index (χ0v) is 10.7. The van der Waals surface area contributed by atoms with Crippen LogP contribution in [0.1, 0.15) is 11.1 Å². The highest BCUT2D eigenvalue weighted by molar-refractivity contribution is 5.98. The van der Waals surface area contributed by atoms with Crippen molar-refractivity contribution in [3.63, 3.8) is 0 Å². The molecule has 0 amide bonds. The average Bonchev–Trinajstić information content (AvgIpc) is 2.95. The van der Waals surface area contributed by atoms with E-state index in [-0.39, 0.29) is 17.2 Å². The average molecular weight is 285 g/mol. The summed E-state index contributed by atoms with van der Waals surface area (Å²) in [5.41, 5.74) is 1.16. The Kier molecular flexibility index (Phi) is 2.94. The van der Waals surface area contributed by atoms with Crippen LogP contribution < -0.4 is 5.43 Å². The minimum atomic E-state index is -1.95. The van der Waals surface area contributed by atoms with Crippen molar-refractivity contribution in [3.05, 3.63) is 59.9 Å². The first-order chi connectivity index (χ1) is 10.1. The highest BCUT2D eigenvalue weighted by Crippen LogP contribution is 2.34. The van der Waals surface area contributed by atoms with Crippen LogP contribution in [0, 0.1) is 0 Å². The van der Waals surface area contributed by atoms with Gasteiger partial charge in [0.25, 0.3) is 0 Å². The highest BCUT2D eigenvalue weighted by atomic mass is 16.6. The molecule has 1 atom stereocenters. The summed E-state index contributed by atoms with van der Waals surface area (Å²) in [4.78, 5) is 15.5. The molecule has 1 aliphatic rings. The molecule has 1 aromatic heterocycles. The predicted octanol–water partition coefficient (Wildman–Crippen LogP) is 1.01. The first-order valence-electron chi connectivity index (χ1n) is 6.09. The van der Waals surface area contributed by atoms with Gasteiger partial charge in [0.2, 0.25) is 5.90 Å². The van der Waals surface area contributed by atoms with Crippen molar-refractivity contribution < 1.29 is 19.7 Å². The van der Waals surface area contributed by atoms with Gasteiger partial charge in [-0.1, -0.05) is 12.1 Å². The zero-order valence-electron chi connectivity index (χ0n) is 10.7. The number of carboxylic acids is 1. The van der Waals surface area contributed by atoms with Crippen LogP contribution in [0.5, 0.6) is 5.75 Å². The number of aromatic hydroxyl groups is 1. The summed E-state index contributed by atoms with van der Waals surface area (Å²) in [7, 11) is 0. The molecule has 2 aromatic rings. The van der Waals surface area contributed by atoms with Crippen LogP contribution in [-0.2, 0) is 15.3 Å². The number of nitrogens with one attached hydrogen (secondary N) is 1. The zero-order chi connectivity index (χ0) is 14.9. The van der Waals surface area contributed by atoms with Gasteiger partial charge in [-0.15, -0.1) is 5.10 Å². The summed E-state index contributed by atoms with van der Waals surface area (Å²) in [5, 5.41) is 23.3. The number of benzene rings is 1. The number of aromatic nitrogens is 1. The fraction of sp³-hybridized carbons (Fsp3) is 0.0714. The third kappa shape index (κ3) is 2.04. The van der Waals surface area contributed by atoms with Gasteiger partial charge < -0.3 is 14.9 Å². The molecular formula is C14H11N3O4. The Hall–Kier alpha value is -3.09. The molecule has 2 heterocycles. The fourth-order valence-corrected chi connectivity index (χ4v) is 2.03. The van der Waals surface area contributed by atoms with Crippen molar-refractivity contribution >= 4 is 11.9 Å². The molecule has 0 aliphatic carbocycles. The van der Waals surface area contributed by atoms with Gasteiger partial charge in [0, 0.05) is 18.0 Å². The molecule has 1 unspecified atom stereocenters. The van der Waals surface area contributed by atoms with E-state index in [0.29, 0.717) is 5.56 Å². The fourth-order valence-electron chi connectivity index (χ4n) is 2.03. The van der Waals surface area contributed by atoms with Gasteiger partial charge in [0.15, 0.2) is 0 Å². The SMILES string of the molecule is O=C(O)C1(c2ccccc2O)NN=C(c2ccncc2)O1. The van der Waals surface area contributed by atoms with Gasteiger partial charge in [0.05, 0.1) is 5.56 Å². The number of aliphatic carboxylic acids is 1. The van der Waals surface area contributed by atoms with Crippen molar-refractivity contribution in [2.45, 2.75) is 5.72 Å². The summed E-state index contributed by atoms with van der Waals surface area (Å²) in [6, 6.07) is 9.33. The van der Waals surface area contributed by atoms with Crippen molar-refractivity contribution in [2.75, 3.05) is 0 Å². The van der Waals surface area contributed by atoms with E-state index in [0.717, 1.165) is 0 Å². The van der Waals surface area contributed by atoms with Crippen LogP contribution in [0.2, 0.25) is 0 Å². The van der Waals surface area contributed by atoms with Gasteiger partial charge in [-0.25, -0.2) is 4.79 Å². The van der Waals surface area contributed by atoms with Gasteiger partial charge >= 0.3 is 11.7 Å². The topological polar surface area (TPSA) is 104 Å². The van der Waals surface area contributed by atoms with E-state index in [4.69, 9.17) is 4.74 Å². The van der Waals surface area contributed by atoms with Gasteiger partial charge in [-0.2, -0.15) is 0 Å². The van der Waals surface area contributed by atoms with Crippen LogP contribution in [0.25, 0.3) is 0 Å². The third-order valence-corrected chi connectivity index (χ3v) is 3.08. The highest BCUT2D eigenvalue weighted by Gasteiger charge is 2.49. The molecule has 7 nitrogen and oxygen atoms in total. The molecule has 21 heavy (non-hydrogen) atoms. The van der Waals surface area contributed by atoms with E-state index in [9.17, 15) is 15.0 Å². The molecular weight excluding hydrogens is 274 g/mol. The number of para-hydroxylation sites is 1. The Morgan fingerprint density at radius 3 is 2.57 bits per heavy atom. The number of hydrogen-bond donors (Lipinski definition) is 3. The molecule has 3 N–H and O–H groups in total. The summed E-state index contributed by atoms with van der Waals surface area (Å²) >= 11 is 0. The number of hydrogen-bond acceptors (Lipinski definition) is 6. The maximum absolute atomic E-state index is 11.7. The summed E-state index contributed by atoms with van der Waals surface area (Å²) in [5.74, 6) is -1.39. The van der Waals surface area contributed by atoms with Crippen LogP contribution in [0.3, 0.4) is 0 Å². The second-order valence-corrected chi connectivity index (χ2v) is 4.37. The number of ether oxygens (including phenoxy) is 1. The molecule has 1 aromatic carbocycles. The number of carboxylic acid groups (broad SMARTS) is 1. The lowest BCUT2D eigenvalue weighted by molar-refractivity contribution is -0.159. The second kappa shape index (κ2) is 4.78. The first kappa shape index (κ1) is 12.9. The Labute approximate surface area is 119 Å². The van der Waals surface area contributed by atoms with E-state index in [1.54, 1.807) is 36.7 Å². The standard InChI is InChI=1S/C14H11N3O4/c18-11-4-2-1-3-10(11)14(13(19)20)17-16-12(21-14)9-5-7-15-8-6-9/h1-8,17-18H,(H,19,20). The summed E-state index contributed by atoms with van der Waals surface area (Å²) in [6.45, 7) is 0. The van der Waals surface area contributed by atoms with Crippen LogP contribution in [-0.4, -0.2) is 27.1 Å². The number of carbonyl (C=O) groups is 1. The third-order valence-electron chi connectivity index (χ3n) is 3.08. The van der Waals surface area contributed by atoms with E-state index in [1.165, 1.54) is 12.1 Å². The normalized spacial score (nSPS) is 20.3. The molecule has 0 saturated heterocycles. The quantitative estimate of drug-likeness (QED) is 0.777. The molecule has 0 radical (unpaired) electrons. The molecule has 0 saturated carbocycles. The smallest absolute Gasteiger partial charge is 0.376 e. The lowest BCUT2D eigenvalue weighted by atomic mass is 10.0. The molecule has 1 aliphatic heterocycles. The minimum Gasteiger partial charge on any atom is -0.507 e. The van der Waals surface area contributed by atoms with Crippen molar-refractivity contribution in [1.82, 2.24) is 10.4 Å². The number of hydrazone groups is 1.